The molecule has 0 amide bonds. The van der Waals surface area contributed by atoms with Gasteiger partial charge >= 0.3 is 11.9 Å². The van der Waals surface area contributed by atoms with Crippen LogP contribution < -0.4 is 0 Å². The van der Waals surface area contributed by atoms with Crippen molar-refractivity contribution in [1.29, 1.82) is 0 Å². The molecule has 1 saturated carbocycles. The summed E-state index contributed by atoms with van der Waals surface area (Å²) in [4.78, 5) is 25.4. The molecule has 1 aliphatic rings. The second-order valence-electron chi connectivity index (χ2n) is 8.13. The molecule has 4 nitrogen and oxygen atoms in total. The van der Waals surface area contributed by atoms with Gasteiger partial charge in [-0.1, -0.05) is 65.7 Å². The number of carbonyl (C=O) groups is 2. The van der Waals surface area contributed by atoms with Crippen LogP contribution in [0.15, 0.2) is 0 Å². The average Bonchev–Trinajstić information content (AvgIpc) is 2.79. The largest absolute Gasteiger partial charge is 0.468 e. The summed E-state index contributed by atoms with van der Waals surface area (Å²) in [5.41, 5.74) is -1.66. The minimum Gasteiger partial charge on any atom is -0.468 e. The molecule has 0 saturated heterocycles. The molecule has 0 heterocycles. The number of esters is 2. The van der Waals surface area contributed by atoms with Crippen LogP contribution in [0.25, 0.3) is 0 Å². The number of methoxy groups -OCH3 is 2. The van der Waals surface area contributed by atoms with Crippen LogP contribution in [0.1, 0.15) is 48.0 Å². The third-order valence-corrected chi connectivity index (χ3v) is 13.4. The van der Waals surface area contributed by atoms with Crippen LogP contribution >= 0.6 is 0 Å². The molecule has 5 heteroatoms. The maximum atomic E-state index is 12.7. The molecule has 0 N–H and O–H groups in total. The first-order valence-electron chi connectivity index (χ1n) is 9.29. The van der Waals surface area contributed by atoms with Crippen molar-refractivity contribution in [2.24, 2.45) is 22.7 Å². The van der Waals surface area contributed by atoms with Gasteiger partial charge in [-0.15, -0.1) is 0 Å². The fourth-order valence-corrected chi connectivity index (χ4v) is 8.90. The summed E-state index contributed by atoms with van der Waals surface area (Å²) in [5, 5.41) is 0. The van der Waals surface area contributed by atoms with E-state index in [9.17, 15) is 9.59 Å². The van der Waals surface area contributed by atoms with Gasteiger partial charge in [0.1, 0.15) is 0 Å². The van der Waals surface area contributed by atoms with Gasteiger partial charge in [0, 0.05) is 0 Å². The van der Waals surface area contributed by atoms with E-state index in [0.29, 0.717) is 12.3 Å². The van der Waals surface area contributed by atoms with E-state index in [0.717, 1.165) is 0 Å². The number of carbonyl (C=O) groups excluding carboxylic acids is 2. The molecule has 1 aliphatic carbocycles. The van der Waals surface area contributed by atoms with Crippen molar-refractivity contribution in [3.63, 3.8) is 0 Å². The van der Waals surface area contributed by atoms with Gasteiger partial charge < -0.3 is 9.47 Å². The summed E-state index contributed by atoms with van der Waals surface area (Å²) in [7, 11) is 1.39. The van der Waals surface area contributed by atoms with E-state index in [1.54, 1.807) is 0 Å². The highest BCUT2D eigenvalue weighted by Gasteiger charge is 2.67. The van der Waals surface area contributed by atoms with Crippen LogP contribution in [0.2, 0.25) is 24.2 Å². The second kappa shape index (κ2) is 7.59. The molecule has 0 bridgehead atoms. The Hall–Kier alpha value is -0.843. The van der Waals surface area contributed by atoms with Crippen molar-refractivity contribution in [3.05, 3.63) is 0 Å². The van der Waals surface area contributed by atoms with Crippen LogP contribution in [0, 0.1) is 22.7 Å². The van der Waals surface area contributed by atoms with Crippen LogP contribution in [0.5, 0.6) is 0 Å². The average molecular weight is 357 g/mol. The molecule has 1 fully saturated rings. The predicted molar refractivity (Wildman–Crippen MR) is 99.5 cm³/mol. The van der Waals surface area contributed by atoms with E-state index in [1.807, 2.05) is 13.8 Å². The standard InChI is InChI=1S/C19H36O4Si/c1-9-24(10-2,11-3)13-15-12-19(16(20)22-7,17(21)23-8)18(5,6)14(15)4/h14-15H,9-13H2,1-8H3/t14-,15-/m1/s1. The molecule has 0 spiro atoms. The molecule has 24 heavy (non-hydrogen) atoms. The minimum atomic E-state index is -1.34. The third kappa shape index (κ3) is 3.04. The Bertz CT molecular complexity index is 444. The van der Waals surface area contributed by atoms with Crippen molar-refractivity contribution >= 4 is 20.0 Å². The lowest BCUT2D eigenvalue weighted by Gasteiger charge is -2.39. The van der Waals surface area contributed by atoms with E-state index < -0.39 is 30.8 Å². The van der Waals surface area contributed by atoms with E-state index in [2.05, 4.69) is 27.7 Å². The topological polar surface area (TPSA) is 52.6 Å². The predicted octanol–water partition coefficient (Wildman–Crippen LogP) is 4.51. The van der Waals surface area contributed by atoms with Crippen molar-refractivity contribution in [2.75, 3.05) is 14.2 Å². The van der Waals surface area contributed by atoms with E-state index in [-0.39, 0.29) is 5.92 Å². The molecule has 0 aliphatic heterocycles. The fourth-order valence-electron chi connectivity index (χ4n) is 4.92. The monoisotopic (exact) mass is 356 g/mol. The first-order valence-corrected chi connectivity index (χ1v) is 12.1. The van der Waals surface area contributed by atoms with Gasteiger partial charge in [-0.25, -0.2) is 0 Å². The Morgan fingerprint density at radius 1 is 1.00 bits per heavy atom. The molecule has 0 aromatic carbocycles. The Labute approximate surface area is 148 Å². The van der Waals surface area contributed by atoms with Crippen LogP contribution in [-0.2, 0) is 19.1 Å². The first-order chi connectivity index (χ1) is 11.1. The lowest BCUT2D eigenvalue weighted by Crippen LogP contribution is -2.50. The molecule has 0 aromatic rings. The van der Waals surface area contributed by atoms with Gasteiger partial charge in [-0.2, -0.15) is 0 Å². The highest BCUT2D eigenvalue weighted by atomic mass is 28.3. The lowest BCUT2D eigenvalue weighted by molar-refractivity contribution is -0.177. The molecule has 1 rings (SSSR count). The summed E-state index contributed by atoms with van der Waals surface area (Å²) in [5.74, 6) is -0.243. The summed E-state index contributed by atoms with van der Waals surface area (Å²) >= 11 is 0. The zero-order chi connectivity index (χ0) is 18.8. The quantitative estimate of drug-likeness (QED) is 0.382. The highest BCUT2D eigenvalue weighted by molar-refractivity contribution is 6.79. The van der Waals surface area contributed by atoms with E-state index in [4.69, 9.17) is 9.47 Å². The summed E-state index contributed by atoms with van der Waals surface area (Å²) in [6.07, 6.45) is 0.551. The molecule has 0 radical (unpaired) electrons. The Balaban J connectivity index is 3.32. The maximum Gasteiger partial charge on any atom is 0.323 e. The summed E-state index contributed by atoms with van der Waals surface area (Å²) in [6.45, 7) is 13.2. The number of rotatable bonds is 7. The number of hydrogen-bond acceptors (Lipinski definition) is 4. The summed E-state index contributed by atoms with van der Waals surface area (Å²) < 4.78 is 10.1. The fraction of sp³-hybridized carbons (Fsp3) is 0.895. The van der Waals surface area contributed by atoms with Gasteiger partial charge in [0.15, 0.2) is 5.41 Å². The molecular weight excluding hydrogens is 320 g/mol. The second-order valence-corrected chi connectivity index (χ2v) is 13.7. The van der Waals surface area contributed by atoms with Gasteiger partial charge in [0.25, 0.3) is 0 Å². The van der Waals surface area contributed by atoms with Gasteiger partial charge in [-0.05, 0) is 23.7 Å². The minimum absolute atomic E-state index is 0.271. The Kier molecular flexibility index (Phi) is 6.70. The van der Waals surface area contributed by atoms with Gasteiger partial charge in [0.2, 0.25) is 0 Å². The van der Waals surface area contributed by atoms with Crippen LogP contribution in [0.4, 0.5) is 0 Å². The van der Waals surface area contributed by atoms with E-state index in [1.165, 1.54) is 38.4 Å². The first kappa shape index (κ1) is 21.2. The third-order valence-electron chi connectivity index (χ3n) is 7.53. The zero-order valence-electron chi connectivity index (χ0n) is 16.8. The van der Waals surface area contributed by atoms with Gasteiger partial charge in [0.05, 0.1) is 22.3 Å². The van der Waals surface area contributed by atoms with Crippen molar-refractivity contribution in [2.45, 2.75) is 72.1 Å². The lowest BCUT2D eigenvalue weighted by atomic mass is 9.64. The van der Waals surface area contributed by atoms with Crippen molar-refractivity contribution in [1.82, 2.24) is 0 Å². The smallest absolute Gasteiger partial charge is 0.323 e. The van der Waals surface area contributed by atoms with E-state index >= 15 is 0 Å². The number of hydrogen-bond donors (Lipinski definition) is 0. The Morgan fingerprint density at radius 3 is 1.75 bits per heavy atom. The molecule has 140 valence electrons. The zero-order valence-corrected chi connectivity index (χ0v) is 17.8. The normalized spacial score (nSPS) is 25.3. The van der Waals surface area contributed by atoms with Crippen molar-refractivity contribution < 1.29 is 19.1 Å². The SMILES string of the molecule is CC[Si](CC)(CC)C[C@H]1CC(C(=O)OC)(C(=O)OC)C(C)(C)[C@@H]1C. The van der Waals surface area contributed by atoms with Gasteiger partial charge in [-0.3, -0.25) is 9.59 Å². The molecular formula is C19H36O4Si. The summed E-state index contributed by atoms with van der Waals surface area (Å²) in [6, 6.07) is 4.95. The maximum absolute atomic E-state index is 12.7. The van der Waals surface area contributed by atoms with Crippen molar-refractivity contribution in [3.8, 4) is 0 Å². The highest BCUT2D eigenvalue weighted by Crippen LogP contribution is 2.61. The number of ether oxygens (including phenoxy) is 2. The Morgan fingerprint density at radius 2 is 1.42 bits per heavy atom. The van der Waals surface area contributed by atoms with Crippen LogP contribution in [-0.4, -0.2) is 34.2 Å². The molecule has 2 atom stereocenters. The molecule has 0 aromatic heterocycles. The van der Waals surface area contributed by atoms with Crippen LogP contribution in [0.3, 0.4) is 0 Å². The molecule has 0 unspecified atom stereocenters.